The van der Waals surface area contributed by atoms with E-state index in [0.29, 0.717) is 23.1 Å². The number of benzene rings is 3. The summed E-state index contributed by atoms with van der Waals surface area (Å²) in [6.45, 7) is 4.10. The van der Waals surface area contributed by atoms with Gasteiger partial charge in [-0.2, -0.15) is 0 Å². The molecule has 3 N–H and O–H groups in total. The number of nitrogens with zero attached hydrogens (tertiary/aromatic N) is 4. The van der Waals surface area contributed by atoms with Crippen LogP contribution < -0.4 is 16.0 Å². The molecule has 0 saturated heterocycles. The van der Waals surface area contributed by atoms with Crippen molar-refractivity contribution >= 4 is 45.6 Å². The van der Waals surface area contributed by atoms with Crippen LogP contribution in [0.2, 0.25) is 0 Å². The van der Waals surface area contributed by atoms with Gasteiger partial charge >= 0.3 is 0 Å². The Labute approximate surface area is 203 Å². The SMILES string of the molecule is Cc1ccc(Nc2cc(Nc3ccc(NC(=O)Cn4cnc5ccccc54)cc3)nc(C)n2)cc1. The monoisotopic (exact) mass is 463 g/mol. The van der Waals surface area contributed by atoms with Gasteiger partial charge in [-0.1, -0.05) is 29.8 Å². The van der Waals surface area contributed by atoms with Crippen LogP contribution in [-0.4, -0.2) is 25.4 Å². The Bertz CT molecular complexity index is 1470. The largest absolute Gasteiger partial charge is 0.340 e. The van der Waals surface area contributed by atoms with E-state index in [1.54, 1.807) is 6.33 Å². The van der Waals surface area contributed by atoms with Gasteiger partial charge in [-0.05, 0) is 62.4 Å². The van der Waals surface area contributed by atoms with Gasteiger partial charge < -0.3 is 20.5 Å². The van der Waals surface area contributed by atoms with Gasteiger partial charge in [0.1, 0.15) is 24.0 Å². The summed E-state index contributed by atoms with van der Waals surface area (Å²) in [6, 6.07) is 25.2. The zero-order valence-electron chi connectivity index (χ0n) is 19.5. The second-order valence-corrected chi connectivity index (χ2v) is 8.29. The van der Waals surface area contributed by atoms with E-state index in [4.69, 9.17) is 0 Å². The van der Waals surface area contributed by atoms with Crippen LogP contribution in [0.1, 0.15) is 11.4 Å². The van der Waals surface area contributed by atoms with Gasteiger partial charge in [0, 0.05) is 23.1 Å². The lowest BCUT2D eigenvalue weighted by Gasteiger charge is -2.11. The molecule has 174 valence electrons. The fraction of sp³-hybridized carbons (Fsp3) is 0.111. The molecule has 8 nitrogen and oxygen atoms in total. The van der Waals surface area contributed by atoms with Crippen molar-refractivity contribution in [3.8, 4) is 0 Å². The number of imidazole rings is 1. The molecule has 0 aliphatic rings. The number of aromatic nitrogens is 4. The third-order valence-electron chi connectivity index (χ3n) is 5.44. The number of para-hydroxylation sites is 2. The lowest BCUT2D eigenvalue weighted by molar-refractivity contribution is -0.116. The van der Waals surface area contributed by atoms with Crippen LogP contribution >= 0.6 is 0 Å². The van der Waals surface area contributed by atoms with Crippen molar-refractivity contribution in [2.75, 3.05) is 16.0 Å². The first-order valence-electron chi connectivity index (χ1n) is 11.3. The first kappa shape index (κ1) is 22.1. The predicted octanol–water partition coefficient (Wildman–Crippen LogP) is 5.57. The van der Waals surface area contributed by atoms with Crippen molar-refractivity contribution in [1.29, 1.82) is 0 Å². The highest BCUT2D eigenvalue weighted by Crippen LogP contribution is 2.22. The first-order chi connectivity index (χ1) is 17.0. The molecule has 2 heterocycles. The Morgan fingerprint density at radius 1 is 0.800 bits per heavy atom. The number of nitrogens with one attached hydrogen (secondary N) is 3. The number of aryl methyl sites for hydroxylation is 2. The molecule has 0 atom stereocenters. The molecule has 0 aliphatic carbocycles. The molecular weight excluding hydrogens is 438 g/mol. The molecule has 0 saturated carbocycles. The minimum absolute atomic E-state index is 0.118. The molecule has 0 unspecified atom stereocenters. The lowest BCUT2D eigenvalue weighted by atomic mass is 10.2. The van der Waals surface area contributed by atoms with Gasteiger partial charge in [0.25, 0.3) is 0 Å². The summed E-state index contributed by atoms with van der Waals surface area (Å²) in [6.07, 6.45) is 1.68. The van der Waals surface area contributed by atoms with E-state index in [9.17, 15) is 4.79 Å². The van der Waals surface area contributed by atoms with Crippen molar-refractivity contribution in [3.05, 3.63) is 96.6 Å². The van der Waals surface area contributed by atoms with E-state index in [1.807, 2.05) is 90.4 Å². The Morgan fingerprint density at radius 3 is 2.09 bits per heavy atom. The summed E-state index contributed by atoms with van der Waals surface area (Å²) in [5.74, 6) is 1.92. The summed E-state index contributed by atoms with van der Waals surface area (Å²) in [7, 11) is 0. The molecular formula is C27H25N7O. The maximum absolute atomic E-state index is 12.5. The van der Waals surface area contributed by atoms with Crippen LogP contribution in [0.5, 0.6) is 0 Å². The van der Waals surface area contributed by atoms with E-state index in [0.717, 1.165) is 22.4 Å². The van der Waals surface area contributed by atoms with Crippen LogP contribution in [0.4, 0.5) is 28.7 Å². The van der Waals surface area contributed by atoms with E-state index >= 15 is 0 Å². The third kappa shape index (κ3) is 5.44. The zero-order chi connectivity index (χ0) is 24.2. The standard InChI is InChI=1S/C27H25N7O/c1-18-7-9-20(10-8-18)31-25-15-26(30-19(2)29-25)32-21-11-13-22(14-12-21)33-27(35)16-34-17-28-23-5-3-4-6-24(23)34/h3-15,17H,16H2,1-2H3,(H,33,35)(H2,29,30,31,32). The fourth-order valence-corrected chi connectivity index (χ4v) is 3.76. The molecule has 2 aromatic heterocycles. The third-order valence-corrected chi connectivity index (χ3v) is 5.44. The summed E-state index contributed by atoms with van der Waals surface area (Å²) in [5, 5.41) is 9.55. The highest BCUT2D eigenvalue weighted by Gasteiger charge is 2.08. The topological polar surface area (TPSA) is 96.8 Å². The van der Waals surface area contributed by atoms with Crippen molar-refractivity contribution in [3.63, 3.8) is 0 Å². The molecule has 3 aromatic carbocycles. The molecule has 0 bridgehead atoms. The average molecular weight is 464 g/mol. The number of rotatable bonds is 7. The van der Waals surface area contributed by atoms with Crippen LogP contribution in [0, 0.1) is 13.8 Å². The Balaban J connectivity index is 1.22. The smallest absolute Gasteiger partial charge is 0.244 e. The molecule has 5 aromatic rings. The van der Waals surface area contributed by atoms with Crippen molar-refractivity contribution < 1.29 is 4.79 Å². The number of carbonyl (C=O) groups is 1. The normalized spacial score (nSPS) is 10.8. The van der Waals surface area contributed by atoms with Gasteiger partial charge in [-0.3, -0.25) is 4.79 Å². The zero-order valence-corrected chi connectivity index (χ0v) is 19.5. The van der Waals surface area contributed by atoms with Gasteiger partial charge in [0.05, 0.1) is 17.4 Å². The Kier molecular flexibility index (Phi) is 6.09. The number of fused-ring (bicyclic) bond motifs is 1. The summed E-state index contributed by atoms with van der Waals surface area (Å²) in [5.41, 5.74) is 5.52. The molecule has 0 radical (unpaired) electrons. The quantitative estimate of drug-likeness (QED) is 0.292. The maximum Gasteiger partial charge on any atom is 0.244 e. The van der Waals surface area contributed by atoms with Crippen LogP contribution in [-0.2, 0) is 11.3 Å². The van der Waals surface area contributed by atoms with Gasteiger partial charge in [-0.25, -0.2) is 15.0 Å². The van der Waals surface area contributed by atoms with Crippen LogP contribution in [0.25, 0.3) is 11.0 Å². The minimum atomic E-state index is -0.118. The summed E-state index contributed by atoms with van der Waals surface area (Å²) >= 11 is 0. The first-order valence-corrected chi connectivity index (χ1v) is 11.3. The Hall–Kier alpha value is -4.72. The van der Waals surface area contributed by atoms with E-state index < -0.39 is 0 Å². The average Bonchev–Trinajstić information content (AvgIpc) is 3.24. The van der Waals surface area contributed by atoms with Gasteiger partial charge in [0.2, 0.25) is 5.91 Å². The van der Waals surface area contributed by atoms with Crippen molar-refractivity contribution in [1.82, 2.24) is 19.5 Å². The van der Waals surface area contributed by atoms with E-state index in [2.05, 4.69) is 37.8 Å². The van der Waals surface area contributed by atoms with Gasteiger partial charge in [-0.15, -0.1) is 0 Å². The number of hydrogen-bond donors (Lipinski definition) is 3. The molecule has 0 fully saturated rings. The lowest BCUT2D eigenvalue weighted by Crippen LogP contribution is -2.18. The summed E-state index contributed by atoms with van der Waals surface area (Å²) in [4.78, 5) is 25.8. The molecule has 8 heteroatoms. The molecule has 1 amide bonds. The maximum atomic E-state index is 12.5. The predicted molar refractivity (Wildman–Crippen MR) is 139 cm³/mol. The molecule has 5 rings (SSSR count). The number of anilines is 5. The highest BCUT2D eigenvalue weighted by molar-refractivity contribution is 5.91. The highest BCUT2D eigenvalue weighted by atomic mass is 16.1. The Morgan fingerprint density at radius 2 is 1.40 bits per heavy atom. The second-order valence-electron chi connectivity index (χ2n) is 8.29. The number of amides is 1. The van der Waals surface area contributed by atoms with Crippen LogP contribution in [0.15, 0.2) is 85.2 Å². The molecule has 0 aliphatic heterocycles. The van der Waals surface area contributed by atoms with Gasteiger partial charge in [0.15, 0.2) is 0 Å². The fourth-order valence-electron chi connectivity index (χ4n) is 3.76. The molecule has 0 spiro atoms. The molecule has 35 heavy (non-hydrogen) atoms. The number of hydrogen-bond acceptors (Lipinski definition) is 6. The summed E-state index contributed by atoms with van der Waals surface area (Å²) < 4.78 is 1.83. The van der Waals surface area contributed by atoms with Crippen molar-refractivity contribution in [2.45, 2.75) is 20.4 Å². The number of carbonyl (C=O) groups excluding carboxylic acids is 1. The van der Waals surface area contributed by atoms with E-state index in [1.165, 1.54) is 5.56 Å². The second kappa shape index (κ2) is 9.64. The van der Waals surface area contributed by atoms with Crippen LogP contribution in [0.3, 0.4) is 0 Å². The van der Waals surface area contributed by atoms with Crippen molar-refractivity contribution in [2.24, 2.45) is 0 Å². The minimum Gasteiger partial charge on any atom is -0.340 e. The van der Waals surface area contributed by atoms with E-state index in [-0.39, 0.29) is 12.5 Å².